The highest BCUT2D eigenvalue weighted by Crippen LogP contribution is 2.48. The largest absolute Gasteiger partial charge is 0.507 e. The second-order valence-electron chi connectivity index (χ2n) is 5.81. The molecule has 0 aliphatic heterocycles. The quantitative estimate of drug-likeness (QED) is 0.857. The van der Waals surface area contributed by atoms with Crippen LogP contribution >= 0.6 is 0 Å². The molecule has 2 heteroatoms. The van der Waals surface area contributed by atoms with E-state index < -0.39 is 6.10 Å². The highest BCUT2D eigenvalue weighted by atomic mass is 16.3. The van der Waals surface area contributed by atoms with E-state index in [-0.39, 0.29) is 5.75 Å². The molecule has 0 spiro atoms. The number of phenolic OH excluding ortho intramolecular Hbond substituents is 1. The van der Waals surface area contributed by atoms with Gasteiger partial charge in [-0.3, -0.25) is 0 Å². The Kier molecular flexibility index (Phi) is 3.34. The summed E-state index contributed by atoms with van der Waals surface area (Å²) < 4.78 is 0. The van der Waals surface area contributed by atoms with E-state index in [9.17, 15) is 10.2 Å². The molecule has 0 saturated heterocycles. The minimum absolute atomic E-state index is 0.245. The van der Waals surface area contributed by atoms with Gasteiger partial charge in [0.1, 0.15) is 11.9 Å². The maximum atomic E-state index is 10.6. The minimum Gasteiger partial charge on any atom is -0.507 e. The SMILES string of the molecule is C=C1c2ccc(C)cc2-c2c(O)cc(CCC)cc2C1O. The van der Waals surface area contributed by atoms with Crippen LogP contribution in [-0.2, 0) is 6.42 Å². The number of hydrogen-bond donors (Lipinski definition) is 2. The molecule has 21 heavy (non-hydrogen) atoms. The zero-order chi connectivity index (χ0) is 15.1. The summed E-state index contributed by atoms with van der Waals surface area (Å²) >= 11 is 0. The number of fused-ring (bicyclic) bond motifs is 3. The first-order valence-corrected chi connectivity index (χ1v) is 7.37. The van der Waals surface area contributed by atoms with Crippen LogP contribution in [0.3, 0.4) is 0 Å². The molecule has 0 bridgehead atoms. The van der Waals surface area contributed by atoms with Crippen LogP contribution < -0.4 is 0 Å². The number of aliphatic hydroxyl groups is 1. The van der Waals surface area contributed by atoms with Gasteiger partial charge in [0.15, 0.2) is 0 Å². The molecular formula is C19H20O2. The Morgan fingerprint density at radius 2 is 1.90 bits per heavy atom. The summed E-state index contributed by atoms with van der Waals surface area (Å²) in [6.07, 6.45) is 1.14. The molecule has 2 aromatic carbocycles. The monoisotopic (exact) mass is 280 g/mol. The van der Waals surface area contributed by atoms with Gasteiger partial charge < -0.3 is 10.2 Å². The maximum Gasteiger partial charge on any atom is 0.124 e. The van der Waals surface area contributed by atoms with E-state index in [1.807, 2.05) is 37.3 Å². The second kappa shape index (κ2) is 5.05. The first-order chi connectivity index (χ1) is 10.0. The van der Waals surface area contributed by atoms with Gasteiger partial charge in [0, 0.05) is 5.56 Å². The van der Waals surface area contributed by atoms with E-state index >= 15 is 0 Å². The molecule has 0 heterocycles. The first kappa shape index (κ1) is 13.9. The summed E-state index contributed by atoms with van der Waals surface area (Å²) in [5.41, 5.74) is 6.26. The van der Waals surface area contributed by atoms with Gasteiger partial charge in [-0.05, 0) is 47.2 Å². The van der Waals surface area contributed by atoms with Crippen LogP contribution in [0, 0.1) is 6.92 Å². The first-order valence-electron chi connectivity index (χ1n) is 7.37. The molecule has 2 aromatic rings. The number of aliphatic hydroxyl groups excluding tert-OH is 1. The van der Waals surface area contributed by atoms with Gasteiger partial charge in [0.25, 0.3) is 0 Å². The third-order valence-electron chi connectivity index (χ3n) is 4.16. The van der Waals surface area contributed by atoms with Crippen LogP contribution in [0.4, 0.5) is 0 Å². The zero-order valence-electron chi connectivity index (χ0n) is 12.5. The molecule has 1 unspecified atom stereocenters. The van der Waals surface area contributed by atoms with Crippen molar-refractivity contribution in [3.05, 3.63) is 59.2 Å². The molecule has 2 N–H and O–H groups in total. The van der Waals surface area contributed by atoms with Crippen LogP contribution in [0.25, 0.3) is 16.7 Å². The van der Waals surface area contributed by atoms with Crippen molar-refractivity contribution in [3.63, 3.8) is 0 Å². The fourth-order valence-corrected chi connectivity index (χ4v) is 3.13. The lowest BCUT2D eigenvalue weighted by molar-refractivity contribution is 0.237. The van der Waals surface area contributed by atoms with Crippen molar-refractivity contribution >= 4 is 5.57 Å². The standard InChI is InChI=1S/C19H20O2/c1-4-5-13-9-16-18(17(20)10-13)15-8-11(2)6-7-14(15)12(3)19(16)21/h6-10,19-21H,3-5H2,1-2H3. The van der Waals surface area contributed by atoms with Gasteiger partial charge in [-0.2, -0.15) is 0 Å². The molecule has 3 rings (SSSR count). The normalized spacial score (nSPS) is 16.5. The fourth-order valence-electron chi connectivity index (χ4n) is 3.13. The van der Waals surface area contributed by atoms with Crippen molar-refractivity contribution < 1.29 is 10.2 Å². The number of phenols is 1. The Hall–Kier alpha value is -2.06. The van der Waals surface area contributed by atoms with E-state index in [2.05, 4.69) is 13.5 Å². The molecule has 0 fully saturated rings. The van der Waals surface area contributed by atoms with E-state index in [1.165, 1.54) is 0 Å². The third kappa shape index (κ3) is 2.16. The number of aryl methyl sites for hydroxylation is 2. The molecule has 2 nitrogen and oxygen atoms in total. The van der Waals surface area contributed by atoms with Crippen LogP contribution in [-0.4, -0.2) is 10.2 Å². The Balaban J connectivity index is 2.30. The topological polar surface area (TPSA) is 40.5 Å². The van der Waals surface area contributed by atoms with E-state index in [0.717, 1.165) is 46.2 Å². The van der Waals surface area contributed by atoms with Crippen molar-refractivity contribution in [2.45, 2.75) is 32.8 Å². The highest BCUT2D eigenvalue weighted by molar-refractivity contribution is 5.92. The number of benzene rings is 2. The Labute approximate surface area is 125 Å². The van der Waals surface area contributed by atoms with Crippen molar-refractivity contribution in [2.24, 2.45) is 0 Å². The third-order valence-corrected chi connectivity index (χ3v) is 4.16. The van der Waals surface area contributed by atoms with Crippen LogP contribution in [0.1, 0.15) is 41.7 Å². The molecule has 1 aliphatic carbocycles. The summed E-state index contributed by atoms with van der Waals surface area (Å²) in [5, 5.41) is 21.0. The number of hydrogen-bond acceptors (Lipinski definition) is 2. The van der Waals surface area contributed by atoms with Crippen molar-refractivity contribution in [1.29, 1.82) is 0 Å². The van der Waals surface area contributed by atoms with E-state index in [0.29, 0.717) is 5.57 Å². The summed E-state index contributed by atoms with van der Waals surface area (Å²) in [6.45, 7) is 8.16. The van der Waals surface area contributed by atoms with Gasteiger partial charge in [-0.25, -0.2) is 0 Å². The lowest BCUT2D eigenvalue weighted by atomic mass is 9.79. The van der Waals surface area contributed by atoms with Crippen molar-refractivity contribution in [1.82, 2.24) is 0 Å². The Bertz CT molecular complexity index is 729. The number of rotatable bonds is 2. The van der Waals surface area contributed by atoms with Gasteiger partial charge in [-0.1, -0.05) is 49.8 Å². The molecule has 0 amide bonds. The molecule has 0 radical (unpaired) electrons. The van der Waals surface area contributed by atoms with Crippen molar-refractivity contribution in [3.8, 4) is 16.9 Å². The van der Waals surface area contributed by atoms with Gasteiger partial charge in [0.2, 0.25) is 0 Å². The minimum atomic E-state index is -0.752. The summed E-state index contributed by atoms with van der Waals surface area (Å²) in [7, 11) is 0. The highest BCUT2D eigenvalue weighted by Gasteiger charge is 2.29. The lowest BCUT2D eigenvalue weighted by Gasteiger charge is -2.28. The summed E-state index contributed by atoms with van der Waals surface area (Å²) in [4.78, 5) is 0. The van der Waals surface area contributed by atoms with Gasteiger partial charge in [0.05, 0.1) is 0 Å². The van der Waals surface area contributed by atoms with Gasteiger partial charge in [-0.15, -0.1) is 0 Å². The molecular weight excluding hydrogens is 260 g/mol. The predicted octanol–water partition coefficient (Wildman–Crippen LogP) is 4.38. The molecule has 0 saturated carbocycles. The molecule has 1 atom stereocenters. The average molecular weight is 280 g/mol. The lowest BCUT2D eigenvalue weighted by Crippen LogP contribution is -2.10. The Morgan fingerprint density at radius 1 is 1.14 bits per heavy atom. The van der Waals surface area contributed by atoms with Crippen LogP contribution in [0.15, 0.2) is 36.9 Å². The molecule has 108 valence electrons. The second-order valence-corrected chi connectivity index (χ2v) is 5.81. The molecule has 1 aliphatic rings. The van der Waals surface area contributed by atoms with Gasteiger partial charge >= 0.3 is 0 Å². The summed E-state index contributed by atoms with van der Waals surface area (Å²) in [5.74, 6) is 0.245. The molecule has 0 aromatic heterocycles. The van der Waals surface area contributed by atoms with Crippen LogP contribution in [0.5, 0.6) is 5.75 Å². The summed E-state index contributed by atoms with van der Waals surface area (Å²) in [6, 6.07) is 9.84. The zero-order valence-corrected chi connectivity index (χ0v) is 12.5. The van der Waals surface area contributed by atoms with Crippen molar-refractivity contribution in [2.75, 3.05) is 0 Å². The predicted molar refractivity (Wildman–Crippen MR) is 86.3 cm³/mol. The average Bonchev–Trinajstić information content (AvgIpc) is 2.44. The van der Waals surface area contributed by atoms with E-state index in [4.69, 9.17) is 0 Å². The van der Waals surface area contributed by atoms with E-state index in [1.54, 1.807) is 0 Å². The maximum absolute atomic E-state index is 10.6. The fraction of sp³-hybridized carbons (Fsp3) is 0.263. The number of aromatic hydroxyl groups is 1. The Morgan fingerprint density at radius 3 is 2.62 bits per heavy atom. The van der Waals surface area contributed by atoms with Crippen LogP contribution in [0.2, 0.25) is 0 Å². The smallest absolute Gasteiger partial charge is 0.124 e.